The van der Waals surface area contributed by atoms with Crippen LogP contribution in [-0.4, -0.2) is 29.2 Å². The Labute approximate surface area is 151 Å². The Morgan fingerprint density at radius 3 is 2.92 bits per heavy atom. The lowest BCUT2D eigenvalue weighted by Crippen LogP contribution is -2.25. The van der Waals surface area contributed by atoms with Crippen LogP contribution in [0.25, 0.3) is 0 Å². The molecular formula is C18H23N3O3S. The quantitative estimate of drug-likeness (QED) is 0.850. The predicted molar refractivity (Wildman–Crippen MR) is 93.8 cm³/mol. The van der Waals surface area contributed by atoms with Crippen molar-refractivity contribution in [3.63, 3.8) is 0 Å². The third-order valence-corrected chi connectivity index (χ3v) is 6.10. The highest BCUT2D eigenvalue weighted by molar-refractivity contribution is 7.14. The van der Waals surface area contributed by atoms with Gasteiger partial charge in [-0.05, 0) is 37.8 Å². The van der Waals surface area contributed by atoms with Crippen LogP contribution >= 0.6 is 11.3 Å². The summed E-state index contributed by atoms with van der Waals surface area (Å²) in [4.78, 5) is 18.6. The molecule has 0 bridgehead atoms. The number of amides is 1. The van der Waals surface area contributed by atoms with Gasteiger partial charge in [0, 0.05) is 30.4 Å². The number of rotatable bonds is 6. The molecule has 2 fully saturated rings. The molecule has 3 heterocycles. The van der Waals surface area contributed by atoms with E-state index < -0.39 is 0 Å². The van der Waals surface area contributed by atoms with Gasteiger partial charge in [-0.15, -0.1) is 11.3 Å². The standard InChI is InChI=1S/C18H23N3O3S/c22-17(15-8-7-14(25-15)13-6-3-11-23-13)19-10-9-16-20-18(24-21-16)12-4-1-2-5-12/h7-8,12-13H,1-6,9-11H2,(H,19,22). The number of aromatic nitrogens is 2. The molecular weight excluding hydrogens is 338 g/mol. The number of nitrogens with zero attached hydrogens (tertiary/aromatic N) is 2. The van der Waals surface area contributed by atoms with Crippen LogP contribution in [0.1, 0.15) is 76.8 Å². The maximum absolute atomic E-state index is 12.3. The molecule has 1 unspecified atom stereocenters. The molecule has 2 aliphatic rings. The average molecular weight is 361 g/mol. The summed E-state index contributed by atoms with van der Waals surface area (Å²) in [6.45, 7) is 1.33. The first-order chi connectivity index (χ1) is 12.3. The summed E-state index contributed by atoms with van der Waals surface area (Å²) in [5, 5.41) is 6.97. The van der Waals surface area contributed by atoms with Crippen molar-refractivity contribution < 1.29 is 14.1 Å². The molecule has 1 atom stereocenters. The number of carbonyl (C=O) groups is 1. The molecule has 1 saturated carbocycles. The lowest BCUT2D eigenvalue weighted by Gasteiger charge is -2.05. The Balaban J connectivity index is 1.26. The van der Waals surface area contributed by atoms with Gasteiger partial charge in [0.25, 0.3) is 5.91 Å². The Hall–Kier alpha value is -1.73. The predicted octanol–water partition coefficient (Wildman–Crippen LogP) is 3.61. The van der Waals surface area contributed by atoms with Crippen molar-refractivity contribution in [2.75, 3.05) is 13.2 Å². The maximum atomic E-state index is 12.3. The van der Waals surface area contributed by atoms with Crippen LogP contribution in [0.4, 0.5) is 0 Å². The zero-order valence-electron chi connectivity index (χ0n) is 14.2. The summed E-state index contributed by atoms with van der Waals surface area (Å²) in [6.07, 6.45) is 7.67. The minimum atomic E-state index is -0.0474. The molecule has 1 N–H and O–H groups in total. The van der Waals surface area contributed by atoms with Gasteiger partial charge in [0.2, 0.25) is 5.89 Å². The van der Waals surface area contributed by atoms with Gasteiger partial charge in [0.05, 0.1) is 11.0 Å². The second-order valence-electron chi connectivity index (χ2n) is 6.74. The van der Waals surface area contributed by atoms with Crippen molar-refractivity contribution in [3.8, 4) is 0 Å². The molecule has 134 valence electrons. The number of carbonyl (C=O) groups excluding carboxylic acids is 1. The van der Waals surface area contributed by atoms with E-state index in [4.69, 9.17) is 9.26 Å². The fraction of sp³-hybridized carbons (Fsp3) is 0.611. The smallest absolute Gasteiger partial charge is 0.261 e. The first kappa shape index (κ1) is 16.7. The molecule has 2 aromatic rings. The topological polar surface area (TPSA) is 77.3 Å². The van der Waals surface area contributed by atoms with Gasteiger partial charge in [0.1, 0.15) is 0 Å². The van der Waals surface area contributed by atoms with Gasteiger partial charge in [-0.3, -0.25) is 4.79 Å². The maximum Gasteiger partial charge on any atom is 0.261 e. The fourth-order valence-corrected chi connectivity index (χ4v) is 4.54. The molecule has 7 heteroatoms. The summed E-state index contributed by atoms with van der Waals surface area (Å²) in [5.74, 6) is 1.82. The number of thiophene rings is 1. The summed E-state index contributed by atoms with van der Waals surface area (Å²) in [7, 11) is 0. The number of nitrogens with one attached hydrogen (secondary N) is 1. The highest BCUT2D eigenvalue weighted by atomic mass is 32.1. The fourth-order valence-electron chi connectivity index (χ4n) is 3.53. The zero-order chi connectivity index (χ0) is 17.1. The lowest BCUT2D eigenvalue weighted by molar-refractivity contribution is 0.0958. The van der Waals surface area contributed by atoms with Gasteiger partial charge < -0.3 is 14.6 Å². The Kier molecular flexibility index (Phi) is 5.12. The van der Waals surface area contributed by atoms with Crippen LogP contribution in [-0.2, 0) is 11.2 Å². The second kappa shape index (κ2) is 7.66. The molecule has 0 spiro atoms. The van der Waals surface area contributed by atoms with Crippen LogP contribution in [0.2, 0.25) is 0 Å². The van der Waals surface area contributed by atoms with E-state index in [1.807, 2.05) is 12.1 Å². The third-order valence-electron chi connectivity index (χ3n) is 4.92. The van der Waals surface area contributed by atoms with Crippen LogP contribution in [0, 0.1) is 0 Å². The van der Waals surface area contributed by atoms with Crippen molar-refractivity contribution in [1.29, 1.82) is 0 Å². The molecule has 0 radical (unpaired) electrons. The minimum absolute atomic E-state index is 0.0474. The van der Waals surface area contributed by atoms with E-state index in [2.05, 4.69) is 15.5 Å². The van der Waals surface area contributed by atoms with Crippen molar-refractivity contribution in [1.82, 2.24) is 15.5 Å². The van der Waals surface area contributed by atoms with Crippen molar-refractivity contribution in [2.24, 2.45) is 0 Å². The molecule has 25 heavy (non-hydrogen) atoms. The molecule has 4 rings (SSSR count). The first-order valence-electron chi connectivity index (χ1n) is 9.11. The van der Waals surface area contributed by atoms with E-state index in [1.165, 1.54) is 24.2 Å². The van der Waals surface area contributed by atoms with E-state index in [0.717, 1.165) is 47.9 Å². The Bertz CT molecular complexity index is 715. The lowest BCUT2D eigenvalue weighted by atomic mass is 10.1. The Morgan fingerprint density at radius 2 is 2.12 bits per heavy atom. The number of hydrogen-bond donors (Lipinski definition) is 1. The van der Waals surface area contributed by atoms with Gasteiger partial charge in [-0.25, -0.2) is 0 Å². The molecule has 1 aliphatic carbocycles. The normalized spacial score (nSPS) is 21.0. The summed E-state index contributed by atoms with van der Waals surface area (Å²) in [5.41, 5.74) is 0. The minimum Gasteiger partial charge on any atom is -0.373 e. The van der Waals surface area contributed by atoms with E-state index >= 15 is 0 Å². The molecule has 1 saturated heterocycles. The van der Waals surface area contributed by atoms with Gasteiger partial charge in [0.15, 0.2) is 5.82 Å². The highest BCUT2D eigenvalue weighted by Gasteiger charge is 2.23. The number of hydrogen-bond acceptors (Lipinski definition) is 6. The summed E-state index contributed by atoms with van der Waals surface area (Å²) >= 11 is 1.52. The Morgan fingerprint density at radius 1 is 1.24 bits per heavy atom. The van der Waals surface area contributed by atoms with Crippen LogP contribution < -0.4 is 5.32 Å². The monoisotopic (exact) mass is 361 g/mol. The molecule has 6 nitrogen and oxygen atoms in total. The first-order valence-corrected chi connectivity index (χ1v) is 9.93. The van der Waals surface area contributed by atoms with Crippen LogP contribution in [0.15, 0.2) is 16.7 Å². The SMILES string of the molecule is O=C(NCCc1noc(C2CCCC2)n1)c1ccc(C2CCCO2)s1. The van der Waals surface area contributed by atoms with Gasteiger partial charge in [-0.2, -0.15) is 4.98 Å². The zero-order valence-corrected chi connectivity index (χ0v) is 15.0. The van der Waals surface area contributed by atoms with Gasteiger partial charge >= 0.3 is 0 Å². The largest absolute Gasteiger partial charge is 0.373 e. The molecule has 0 aromatic carbocycles. The van der Waals surface area contributed by atoms with Crippen LogP contribution in [0.3, 0.4) is 0 Å². The average Bonchev–Trinajstić information content (AvgIpc) is 3.42. The second-order valence-corrected chi connectivity index (χ2v) is 7.86. The summed E-state index contributed by atoms with van der Waals surface area (Å²) in [6, 6.07) is 3.88. The van der Waals surface area contributed by atoms with Crippen LogP contribution in [0.5, 0.6) is 0 Å². The van der Waals surface area contributed by atoms with Crippen molar-refractivity contribution in [2.45, 2.75) is 57.0 Å². The molecule has 1 aliphatic heterocycles. The van der Waals surface area contributed by atoms with E-state index in [-0.39, 0.29) is 12.0 Å². The third kappa shape index (κ3) is 3.93. The van der Waals surface area contributed by atoms with Crippen molar-refractivity contribution >= 4 is 17.2 Å². The highest BCUT2D eigenvalue weighted by Crippen LogP contribution is 2.34. The molecule has 1 amide bonds. The molecule has 2 aromatic heterocycles. The van der Waals surface area contributed by atoms with Gasteiger partial charge in [-0.1, -0.05) is 18.0 Å². The van der Waals surface area contributed by atoms with E-state index in [9.17, 15) is 4.79 Å². The summed E-state index contributed by atoms with van der Waals surface area (Å²) < 4.78 is 11.0. The number of ether oxygens (including phenoxy) is 1. The van der Waals surface area contributed by atoms with Crippen molar-refractivity contribution in [3.05, 3.63) is 33.6 Å². The van der Waals surface area contributed by atoms with E-state index in [0.29, 0.717) is 24.7 Å². The van der Waals surface area contributed by atoms with E-state index in [1.54, 1.807) is 0 Å².